The molecule has 2 aliphatic heterocycles. The number of likely N-dealkylation sites (tertiary alicyclic amines) is 1. The van der Waals surface area contributed by atoms with Gasteiger partial charge in [0, 0.05) is 45.3 Å². The van der Waals surface area contributed by atoms with Crippen molar-refractivity contribution in [3.8, 4) is 0 Å². The lowest BCUT2D eigenvalue weighted by atomic mass is 10.0. The van der Waals surface area contributed by atoms with Crippen molar-refractivity contribution in [2.24, 2.45) is 4.99 Å². The molecule has 0 spiro atoms. The largest absolute Gasteiger partial charge is 0.379 e. The molecule has 29 heavy (non-hydrogen) atoms. The third-order valence-corrected chi connectivity index (χ3v) is 5.94. The Morgan fingerprint density at radius 3 is 2.55 bits per heavy atom. The molecule has 3 rings (SSSR count). The third kappa shape index (κ3) is 7.61. The fourth-order valence-electron chi connectivity index (χ4n) is 4.05. The van der Waals surface area contributed by atoms with Crippen LogP contribution in [-0.2, 0) is 17.8 Å². The van der Waals surface area contributed by atoms with Gasteiger partial charge in [-0.25, -0.2) is 4.99 Å². The van der Waals surface area contributed by atoms with Crippen molar-refractivity contribution in [1.29, 1.82) is 0 Å². The molecule has 162 valence electrons. The van der Waals surface area contributed by atoms with E-state index in [0.717, 1.165) is 58.4 Å². The van der Waals surface area contributed by atoms with Crippen LogP contribution in [0.15, 0.2) is 29.3 Å². The van der Waals surface area contributed by atoms with Crippen LogP contribution in [0.3, 0.4) is 0 Å². The molecule has 0 saturated carbocycles. The smallest absolute Gasteiger partial charge is 0.191 e. The SMILES string of the molecule is CCNC(=NCc1ccc(CN2CCCCC2C)cc1)NCCN1CCOCC1. The van der Waals surface area contributed by atoms with Gasteiger partial charge in [0.1, 0.15) is 0 Å². The standard InChI is InChI=1S/C23H39N5O/c1-3-24-23(25-11-13-27-14-16-29-17-15-27)26-18-21-7-9-22(10-8-21)19-28-12-5-4-6-20(28)2/h7-10,20H,3-6,11-19H2,1-2H3,(H2,24,25,26). The minimum atomic E-state index is 0.702. The molecular weight excluding hydrogens is 362 g/mol. The Bertz CT molecular complexity index is 612. The lowest BCUT2D eigenvalue weighted by Crippen LogP contribution is -2.44. The zero-order valence-corrected chi connectivity index (χ0v) is 18.3. The molecule has 2 aliphatic rings. The van der Waals surface area contributed by atoms with Crippen LogP contribution in [0.1, 0.15) is 44.2 Å². The normalized spacial score (nSPS) is 21.9. The van der Waals surface area contributed by atoms with Gasteiger partial charge in [-0.15, -0.1) is 0 Å². The molecule has 2 fully saturated rings. The fourth-order valence-corrected chi connectivity index (χ4v) is 4.05. The second-order valence-corrected chi connectivity index (χ2v) is 8.21. The maximum atomic E-state index is 5.41. The fraction of sp³-hybridized carbons (Fsp3) is 0.696. The van der Waals surface area contributed by atoms with E-state index in [2.05, 4.69) is 58.5 Å². The molecule has 6 heteroatoms. The van der Waals surface area contributed by atoms with Gasteiger partial charge < -0.3 is 15.4 Å². The van der Waals surface area contributed by atoms with Gasteiger partial charge in [0.25, 0.3) is 0 Å². The number of nitrogens with zero attached hydrogens (tertiary/aromatic N) is 3. The Labute approximate surface area is 176 Å². The number of rotatable bonds is 8. The van der Waals surface area contributed by atoms with Crippen LogP contribution in [0.2, 0.25) is 0 Å². The van der Waals surface area contributed by atoms with Crippen LogP contribution < -0.4 is 10.6 Å². The van der Waals surface area contributed by atoms with Crippen molar-refractivity contribution in [2.45, 2.75) is 52.2 Å². The van der Waals surface area contributed by atoms with Gasteiger partial charge in [0.2, 0.25) is 0 Å². The van der Waals surface area contributed by atoms with Gasteiger partial charge in [0.05, 0.1) is 19.8 Å². The van der Waals surface area contributed by atoms with Crippen molar-refractivity contribution in [2.75, 3.05) is 52.5 Å². The number of hydrogen-bond acceptors (Lipinski definition) is 4. The molecule has 1 aromatic carbocycles. The quantitative estimate of drug-likeness (QED) is 0.518. The first-order valence-corrected chi connectivity index (χ1v) is 11.4. The van der Waals surface area contributed by atoms with Crippen molar-refractivity contribution >= 4 is 5.96 Å². The van der Waals surface area contributed by atoms with E-state index in [-0.39, 0.29) is 0 Å². The first-order valence-electron chi connectivity index (χ1n) is 11.4. The number of morpholine rings is 1. The van der Waals surface area contributed by atoms with Crippen LogP contribution >= 0.6 is 0 Å². The lowest BCUT2D eigenvalue weighted by molar-refractivity contribution is 0.0389. The number of piperidine rings is 1. The topological polar surface area (TPSA) is 52.1 Å². The van der Waals surface area contributed by atoms with Gasteiger partial charge in [-0.2, -0.15) is 0 Å². The molecule has 2 saturated heterocycles. The number of guanidine groups is 1. The monoisotopic (exact) mass is 401 g/mol. The number of nitrogens with one attached hydrogen (secondary N) is 2. The minimum absolute atomic E-state index is 0.702. The van der Waals surface area contributed by atoms with Crippen molar-refractivity contribution in [1.82, 2.24) is 20.4 Å². The van der Waals surface area contributed by atoms with Crippen LogP contribution in [0.5, 0.6) is 0 Å². The molecule has 1 unspecified atom stereocenters. The highest BCUT2D eigenvalue weighted by Gasteiger charge is 2.17. The summed E-state index contributed by atoms with van der Waals surface area (Å²) in [5.74, 6) is 0.895. The number of hydrogen-bond donors (Lipinski definition) is 2. The van der Waals surface area contributed by atoms with E-state index in [0.29, 0.717) is 12.6 Å². The molecule has 0 bridgehead atoms. The van der Waals surface area contributed by atoms with Crippen LogP contribution in [0.25, 0.3) is 0 Å². The summed E-state index contributed by atoms with van der Waals surface area (Å²) in [5, 5.41) is 6.81. The van der Waals surface area contributed by atoms with Crippen molar-refractivity contribution in [3.05, 3.63) is 35.4 Å². The van der Waals surface area contributed by atoms with Crippen LogP contribution in [0, 0.1) is 0 Å². The van der Waals surface area contributed by atoms with Gasteiger partial charge in [-0.1, -0.05) is 30.7 Å². The van der Waals surface area contributed by atoms with E-state index >= 15 is 0 Å². The molecule has 0 amide bonds. The van der Waals surface area contributed by atoms with Gasteiger partial charge in [-0.3, -0.25) is 9.80 Å². The summed E-state index contributed by atoms with van der Waals surface area (Å²) in [5.41, 5.74) is 2.66. The van der Waals surface area contributed by atoms with Crippen LogP contribution in [-0.4, -0.2) is 74.3 Å². The summed E-state index contributed by atoms with van der Waals surface area (Å²) in [6, 6.07) is 9.70. The molecule has 6 nitrogen and oxygen atoms in total. The second-order valence-electron chi connectivity index (χ2n) is 8.21. The number of ether oxygens (including phenoxy) is 1. The van der Waals surface area contributed by atoms with E-state index in [1.165, 1.54) is 36.9 Å². The number of benzene rings is 1. The summed E-state index contributed by atoms with van der Waals surface area (Å²) >= 11 is 0. The van der Waals surface area contributed by atoms with Crippen molar-refractivity contribution in [3.63, 3.8) is 0 Å². The molecule has 0 aromatic heterocycles. The maximum absolute atomic E-state index is 5.41. The average Bonchev–Trinajstić information content (AvgIpc) is 2.75. The summed E-state index contributed by atoms with van der Waals surface area (Å²) in [6.07, 6.45) is 4.05. The zero-order chi connectivity index (χ0) is 20.3. The molecule has 1 atom stereocenters. The molecule has 0 radical (unpaired) electrons. The first-order chi connectivity index (χ1) is 14.2. The van der Waals surface area contributed by atoms with E-state index in [1.807, 2.05) is 0 Å². The predicted octanol–water partition coefficient (Wildman–Crippen LogP) is 2.45. The molecular formula is C23H39N5O. The lowest BCUT2D eigenvalue weighted by Gasteiger charge is -2.33. The minimum Gasteiger partial charge on any atom is -0.379 e. The maximum Gasteiger partial charge on any atom is 0.191 e. The van der Waals surface area contributed by atoms with E-state index in [1.54, 1.807) is 0 Å². The Morgan fingerprint density at radius 2 is 1.83 bits per heavy atom. The second kappa shape index (κ2) is 12.2. The van der Waals surface area contributed by atoms with Gasteiger partial charge in [-0.05, 0) is 44.4 Å². The summed E-state index contributed by atoms with van der Waals surface area (Å²) in [4.78, 5) is 9.81. The first kappa shape index (κ1) is 22.1. The van der Waals surface area contributed by atoms with Gasteiger partial charge >= 0.3 is 0 Å². The van der Waals surface area contributed by atoms with Crippen LogP contribution in [0.4, 0.5) is 0 Å². The highest BCUT2D eigenvalue weighted by atomic mass is 16.5. The number of aliphatic imine (C=N–C) groups is 1. The molecule has 1 aromatic rings. The van der Waals surface area contributed by atoms with Crippen molar-refractivity contribution < 1.29 is 4.74 Å². The highest BCUT2D eigenvalue weighted by Crippen LogP contribution is 2.19. The Balaban J connectivity index is 1.45. The molecule has 2 N–H and O–H groups in total. The molecule has 2 heterocycles. The summed E-state index contributed by atoms with van der Waals surface area (Å²) < 4.78 is 5.41. The third-order valence-electron chi connectivity index (χ3n) is 5.94. The Morgan fingerprint density at radius 1 is 1.07 bits per heavy atom. The van der Waals surface area contributed by atoms with E-state index in [4.69, 9.17) is 9.73 Å². The van der Waals surface area contributed by atoms with E-state index < -0.39 is 0 Å². The van der Waals surface area contributed by atoms with Gasteiger partial charge in [0.15, 0.2) is 5.96 Å². The zero-order valence-electron chi connectivity index (χ0n) is 18.3. The summed E-state index contributed by atoms with van der Waals surface area (Å²) in [6.45, 7) is 14.0. The predicted molar refractivity (Wildman–Crippen MR) is 120 cm³/mol. The Hall–Kier alpha value is -1.63. The average molecular weight is 402 g/mol. The molecule has 0 aliphatic carbocycles. The van der Waals surface area contributed by atoms with E-state index in [9.17, 15) is 0 Å². The summed E-state index contributed by atoms with van der Waals surface area (Å²) in [7, 11) is 0. The highest BCUT2D eigenvalue weighted by molar-refractivity contribution is 5.79. The Kier molecular flexibility index (Phi) is 9.25.